The Bertz CT molecular complexity index is 816. The summed E-state index contributed by atoms with van der Waals surface area (Å²) in [6.45, 7) is 2.20. The maximum absolute atomic E-state index is 12.0. The fourth-order valence-corrected chi connectivity index (χ4v) is 3.62. The van der Waals surface area contributed by atoms with Crippen LogP contribution in [0.5, 0.6) is 5.75 Å². The van der Waals surface area contributed by atoms with Crippen LogP contribution in [0.1, 0.15) is 51.9 Å². The van der Waals surface area contributed by atoms with Crippen LogP contribution in [0.4, 0.5) is 10.5 Å². The third kappa shape index (κ3) is 6.86. The number of carbonyl (C=O) groups excluding carboxylic acids is 4. The second-order valence-electron chi connectivity index (χ2n) is 8.00. The Morgan fingerprint density at radius 3 is 2.19 bits per heavy atom. The molecule has 0 spiro atoms. The van der Waals surface area contributed by atoms with Crippen LogP contribution in [-0.2, 0) is 19.1 Å². The minimum absolute atomic E-state index is 0.0176. The number of ether oxygens (including phenoxy) is 2. The average molecular weight is 447 g/mol. The van der Waals surface area contributed by atoms with Crippen LogP contribution in [-0.4, -0.2) is 42.6 Å². The number of anilines is 1. The summed E-state index contributed by atoms with van der Waals surface area (Å²) < 4.78 is 11.0. The van der Waals surface area contributed by atoms with Crippen molar-refractivity contribution in [3.05, 3.63) is 24.3 Å². The van der Waals surface area contributed by atoms with E-state index in [2.05, 4.69) is 21.5 Å². The molecule has 0 unspecified atom stereocenters. The second kappa shape index (κ2) is 11.4. The number of benzene rings is 1. The number of hydrazine groups is 1. The summed E-state index contributed by atoms with van der Waals surface area (Å²) in [7, 11) is 0. The molecular formula is C22H30N4O6. The molecule has 0 bridgehead atoms. The average Bonchev–Trinajstić information content (AvgIpc) is 2.76. The van der Waals surface area contributed by atoms with Gasteiger partial charge >= 0.3 is 23.8 Å². The Hall–Kier alpha value is -3.30. The molecule has 0 atom stereocenters. The third-order valence-electron chi connectivity index (χ3n) is 5.65. The first-order valence-electron chi connectivity index (χ1n) is 11.1. The van der Waals surface area contributed by atoms with E-state index >= 15 is 0 Å². The summed E-state index contributed by atoms with van der Waals surface area (Å²) in [6.07, 6.45) is 5.92. The predicted octanol–water partition coefficient (Wildman–Crippen LogP) is 2.01. The maximum Gasteiger partial charge on any atom is 0.333 e. The van der Waals surface area contributed by atoms with Gasteiger partial charge in [-0.2, -0.15) is 0 Å². The van der Waals surface area contributed by atoms with Crippen molar-refractivity contribution < 1.29 is 28.7 Å². The van der Waals surface area contributed by atoms with E-state index in [4.69, 9.17) is 9.47 Å². The zero-order chi connectivity index (χ0) is 22.9. The smallest absolute Gasteiger partial charge is 0.333 e. The molecule has 2 aliphatic carbocycles. The monoisotopic (exact) mass is 446 g/mol. The third-order valence-corrected chi connectivity index (χ3v) is 5.65. The van der Waals surface area contributed by atoms with Crippen LogP contribution >= 0.6 is 0 Å². The quantitative estimate of drug-likeness (QED) is 0.300. The Labute approximate surface area is 186 Å². The molecule has 0 aromatic heterocycles. The summed E-state index contributed by atoms with van der Waals surface area (Å²) in [5.74, 6) is -1.43. The van der Waals surface area contributed by atoms with Gasteiger partial charge in [-0.15, -0.1) is 0 Å². The summed E-state index contributed by atoms with van der Waals surface area (Å²) in [6, 6.07) is 6.23. The lowest BCUT2D eigenvalue weighted by Gasteiger charge is -2.27. The standard InChI is InChI=1S/C22H30N4O6/c1-2-31-21(29)14-6-10-17(11-7-14)32-18-12-8-16(9-13-18)23-19(27)20(28)25-26-22(30)24-15-4-3-5-15/h8-9,12-15,17H,2-7,10-11H2,1H3,(H,23,27)(H,25,28)(H2,24,26,30). The van der Waals surface area contributed by atoms with Gasteiger partial charge in [0.15, 0.2) is 0 Å². The van der Waals surface area contributed by atoms with Crippen LogP contribution < -0.4 is 26.2 Å². The summed E-state index contributed by atoms with van der Waals surface area (Å²) in [4.78, 5) is 47.3. The molecule has 0 aliphatic heterocycles. The van der Waals surface area contributed by atoms with Gasteiger partial charge in [0.25, 0.3) is 0 Å². The minimum atomic E-state index is -0.979. The van der Waals surface area contributed by atoms with Crippen LogP contribution in [0.25, 0.3) is 0 Å². The van der Waals surface area contributed by atoms with Gasteiger partial charge < -0.3 is 20.1 Å². The molecule has 2 fully saturated rings. The zero-order valence-electron chi connectivity index (χ0n) is 18.1. The van der Waals surface area contributed by atoms with Crippen LogP contribution in [0, 0.1) is 5.92 Å². The van der Waals surface area contributed by atoms with Crippen molar-refractivity contribution in [2.24, 2.45) is 5.92 Å². The molecule has 0 heterocycles. The fourth-order valence-electron chi connectivity index (χ4n) is 3.62. The number of amides is 4. The van der Waals surface area contributed by atoms with Gasteiger partial charge in [0.2, 0.25) is 0 Å². The van der Waals surface area contributed by atoms with E-state index < -0.39 is 17.8 Å². The number of rotatable bonds is 6. The van der Waals surface area contributed by atoms with E-state index in [-0.39, 0.29) is 24.0 Å². The van der Waals surface area contributed by atoms with Crippen molar-refractivity contribution in [1.82, 2.24) is 16.2 Å². The molecule has 1 aromatic rings. The first kappa shape index (κ1) is 23.4. The number of nitrogens with one attached hydrogen (secondary N) is 4. The van der Waals surface area contributed by atoms with Gasteiger partial charge in [-0.3, -0.25) is 19.8 Å². The van der Waals surface area contributed by atoms with Crippen LogP contribution in [0.15, 0.2) is 24.3 Å². The largest absolute Gasteiger partial charge is 0.490 e. The van der Waals surface area contributed by atoms with E-state index in [1.807, 2.05) is 0 Å². The van der Waals surface area contributed by atoms with Gasteiger partial charge in [0.1, 0.15) is 5.75 Å². The number of hydrogen-bond acceptors (Lipinski definition) is 6. The topological polar surface area (TPSA) is 135 Å². The van der Waals surface area contributed by atoms with E-state index in [9.17, 15) is 19.2 Å². The van der Waals surface area contributed by atoms with Crippen molar-refractivity contribution in [3.63, 3.8) is 0 Å². The lowest BCUT2D eigenvalue weighted by Crippen LogP contribution is -2.53. The summed E-state index contributed by atoms with van der Waals surface area (Å²) >= 11 is 0. The first-order chi connectivity index (χ1) is 15.4. The molecule has 174 valence electrons. The molecule has 0 radical (unpaired) electrons. The molecule has 4 N–H and O–H groups in total. The lowest BCUT2D eigenvalue weighted by molar-refractivity contribution is -0.149. The Morgan fingerprint density at radius 1 is 0.906 bits per heavy atom. The molecule has 4 amide bonds. The Balaban J connectivity index is 1.37. The molecule has 10 nitrogen and oxygen atoms in total. The number of urea groups is 1. The van der Waals surface area contributed by atoms with Gasteiger partial charge in [-0.1, -0.05) is 0 Å². The fraction of sp³-hybridized carbons (Fsp3) is 0.545. The Kier molecular flexibility index (Phi) is 8.29. The van der Waals surface area contributed by atoms with Crippen molar-refractivity contribution in [3.8, 4) is 5.75 Å². The Morgan fingerprint density at radius 2 is 1.59 bits per heavy atom. The predicted molar refractivity (Wildman–Crippen MR) is 116 cm³/mol. The van der Waals surface area contributed by atoms with Crippen molar-refractivity contribution in [1.29, 1.82) is 0 Å². The molecule has 0 saturated heterocycles. The van der Waals surface area contributed by atoms with Gasteiger partial charge in [0.05, 0.1) is 18.6 Å². The number of carbonyl (C=O) groups is 4. The number of hydrogen-bond donors (Lipinski definition) is 4. The van der Waals surface area contributed by atoms with E-state index in [0.717, 1.165) is 44.9 Å². The molecule has 3 rings (SSSR count). The SMILES string of the molecule is CCOC(=O)C1CCC(Oc2ccc(NC(=O)C(=O)NNC(=O)NC3CCC3)cc2)CC1. The lowest BCUT2D eigenvalue weighted by atomic mass is 9.87. The van der Waals surface area contributed by atoms with Crippen molar-refractivity contribution >= 4 is 29.5 Å². The zero-order valence-corrected chi connectivity index (χ0v) is 18.1. The van der Waals surface area contributed by atoms with E-state index in [1.165, 1.54) is 0 Å². The highest BCUT2D eigenvalue weighted by molar-refractivity contribution is 6.39. The van der Waals surface area contributed by atoms with E-state index in [1.54, 1.807) is 31.2 Å². The first-order valence-corrected chi connectivity index (χ1v) is 11.1. The molecule has 2 saturated carbocycles. The van der Waals surface area contributed by atoms with Crippen LogP contribution in [0.3, 0.4) is 0 Å². The highest BCUT2D eigenvalue weighted by Gasteiger charge is 2.28. The van der Waals surface area contributed by atoms with E-state index in [0.29, 0.717) is 18.0 Å². The van der Waals surface area contributed by atoms with Crippen molar-refractivity contribution in [2.75, 3.05) is 11.9 Å². The molecule has 2 aliphatic rings. The van der Waals surface area contributed by atoms with Gasteiger partial charge in [-0.25, -0.2) is 10.2 Å². The molecule has 32 heavy (non-hydrogen) atoms. The highest BCUT2D eigenvalue weighted by Crippen LogP contribution is 2.29. The normalized spacial score (nSPS) is 20.3. The highest BCUT2D eigenvalue weighted by atomic mass is 16.5. The molecule has 1 aromatic carbocycles. The number of esters is 1. The summed E-state index contributed by atoms with van der Waals surface area (Å²) in [5, 5.41) is 5.14. The molecular weight excluding hydrogens is 416 g/mol. The summed E-state index contributed by atoms with van der Waals surface area (Å²) in [5.41, 5.74) is 4.65. The minimum Gasteiger partial charge on any atom is -0.490 e. The maximum atomic E-state index is 12.0. The molecule has 10 heteroatoms. The van der Waals surface area contributed by atoms with Crippen LogP contribution in [0.2, 0.25) is 0 Å². The van der Waals surface area contributed by atoms with Gasteiger partial charge in [0, 0.05) is 11.7 Å². The second-order valence-corrected chi connectivity index (χ2v) is 8.00. The van der Waals surface area contributed by atoms with Crippen molar-refractivity contribution in [2.45, 2.75) is 64.0 Å². The van der Waals surface area contributed by atoms with Gasteiger partial charge in [-0.05, 0) is 76.1 Å².